The molecule has 0 aliphatic rings. The van der Waals surface area contributed by atoms with E-state index in [9.17, 15) is 0 Å². The number of rotatable bonds is 2. The molecule has 20 heavy (non-hydrogen) atoms. The molecule has 4 rings (SSSR count). The van der Waals surface area contributed by atoms with Gasteiger partial charge in [0.05, 0.1) is 16.5 Å². The van der Waals surface area contributed by atoms with Crippen molar-refractivity contribution in [2.75, 3.05) is 0 Å². The number of fused-ring (bicyclic) bond motifs is 3. The Bertz CT molecular complexity index is 921. The highest BCUT2D eigenvalue weighted by Gasteiger charge is 2.14. The molecular weight excluding hydrogens is 340 g/mol. The number of aryl methyl sites for hydroxylation is 1. The van der Waals surface area contributed by atoms with E-state index in [0.717, 1.165) is 32.5 Å². The lowest BCUT2D eigenvalue weighted by atomic mass is 10.3. The average molecular weight is 349 g/mol. The highest BCUT2D eigenvalue weighted by Crippen LogP contribution is 2.33. The Balaban J connectivity index is 1.95. The Morgan fingerprint density at radius 3 is 3.15 bits per heavy atom. The van der Waals surface area contributed by atoms with Crippen LogP contribution in [0, 0.1) is 0 Å². The molecule has 6 nitrogen and oxygen atoms in total. The largest absolute Gasteiger partial charge is 0.261 e. The SMILES string of the molecule is CCc1sc(-c2nc3c4cn[nH]c4ncn3n2)cc1Br. The van der Waals surface area contributed by atoms with Gasteiger partial charge in [-0.2, -0.15) is 5.10 Å². The van der Waals surface area contributed by atoms with Gasteiger partial charge in [-0.25, -0.2) is 14.5 Å². The lowest BCUT2D eigenvalue weighted by Crippen LogP contribution is -1.89. The molecule has 0 saturated carbocycles. The van der Waals surface area contributed by atoms with E-state index < -0.39 is 0 Å². The number of hydrogen-bond acceptors (Lipinski definition) is 5. The predicted octanol–water partition coefficient (Wildman–Crippen LogP) is 3.05. The summed E-state index contributed by atoms with van der Waals surface area (Å²) < 4.78 is 2.80. The first-order valence-corrected chi connectivity index (χ1v) is 7.70. The summed E-state index contributed by atoms with van der Waals surface area (Å²) in [7, 11) is 0. The van der Waals surface area contributed by atoms with Crippen LogP contribution < -0.4 is 0 Å². The van der Waals surface area contributed by atoms with Crippen molar-refractivity contribution in [2.24, 2.45) is 0 Å². The van der Waals surface area contributed by atoms with Gasteiger partial charge in [-0.1, -0.05) is 6.92 Å². The fourth-order valence-corrected chi connectivity index (χ4v) is 3.93. The molecule has 0 aromatic carbocycles. The molecule has 0 saturated heterocycles. The smallest absolute Gasteiger partial charge is 0.192 e. The molecule has 4 heterocycles. The van der Waals surface area contributed by atoms with E-state index in [1.54, 1.807) is 28.4 Å². The first-order valence-electron chi connectivity index (χ1n) is 6.09. The van der Waals surface area contributed by atoms with Crippen LogP contribution in [-0.4, -0.2) is 29.8 Å². The van der Waals surface area contributed by atoms with E-state index in [0.29, 0.717) is 5.82 Å². The molecule has 0 bridgehead atoms. The van der Waals surface area contributed by atoms with Crippen molar-refractivity contribution in [1.29, 1.82) is 0 Å². The summed E-state index contributed by atoms with van der Waals surface area (Å²) >= 11 is 5.28. The van der Waals surface area contributed by atoms with Gasteiger partial charge in [0.2, 0.25) is 0 Å². The zero-order chi connectivity index (χ0) is 13.7. The summed E-state index contributed by atoms with van der Waals surface area (Å²) in [6.07, 6.45) is 4.36. The Labute approximate surface area is 126 Å². The Kier molecular flexibility index (Phi) is 2.61. The number of hydrogen-bond donors (Lipinski definition) is 1. The van der Waals surface area contributed by atoms with Crippen molar-refractivity contribution in [3.63, 3.8) is 0 Å². The maximum atomic E-state index is 4.61. The van der Waals surface area contributed by atoms with Gasteiger partial charge in [-0.05, 0) is 28.4 Å². The van der Waals surface area contributed by atoms with Crippen LogP contribution in [-0.2, 0) is 6.42 Å². The monoisotopic (exact) mass is 348 g/mol. The molecular formula is C12H9BrN6S. The Hall–Kier alpha value is -1.80. The second kappa shape index (κ2) is 4.35. The fraction of sp³-hybridized carbons (Fsp3) is 0.167. The highest BCUT2D eigenvalue weighted by atomic mass is 79.9. The molecule has 0 aliphatic heterocycles. The second-order valence-electron chi connectivity index (χ2n) is 4.32. The number of nitrogens with one attached hydrogen (secondary N) is 1. The maximum absolute atomic E-state index is 4.61. The molecule has 4 aromatic heterocycles. The molecule has 0 spiro atoms. The molecule has 1 N–H and O–H groups in total. The standard InChI is InChI=1S/C12H9BrN6S/c1-2-8-7(13)3-9(20-8)11-16-12-6-4-15-17-10(6)14-5-19(12)18-11/h3-5H,2H2,1H3,(H,15,17). The van der Waals surface area contributed by atoms with Crippen LogP contribution in [0.15, 0.2) is 23.1 Å². The quantitative estimate of drug-likeness (QED) is 0.604. The van der Waals surface area contributed by atoms with Crippen LogP contribution in [0.25, 0.3) is 27.4 Å². The number of aromatic nitrogens is 6. The molecule has 0 unspecified atom stereocenters. The highest BCUT2D eigenvalue weighted by molar-refractivity contribution is 9.10. The van der Waals surface area contributed by atoms with Crippen LogP contribution in [0.4, 0.5) is 0 Å². The van der Waals surface area contributed by atoms with Crippen LogP contribution >= 0.6 is 27.3 Å². The third-order valence-corrected chi connectivity index (χ3v) is 5.33. The summed E-state index contributed by atoms with van der Waals surface area (Å²) in [4.78, 5) is 11.2. The molecule has 0 aliphatic carbocycles. The number of halogens is 1. The fourth-order valence-electron chi connectivity index (χ4n) is 2.10. The van der Waals surface area contributed by atoms with Gasteiger partial charge in [0.25, 0.3) is 0 Å². The number of aromatic amines is 1. The number of nitrogens with zero attached hydrogens (tertiary/aromatic N) is 5. The van der Waals surface area contributed by atoms with Crippen LogP contribution in [0.2, 0.25) is 0 Å². The summed E-state index contributed by atoms with van der Waals surface area (Å²) in [5, 5.41) is 12.2. The van der Waals surface area contributed by atoms with Gasteiger partial charge in [-0.3, -0.25) is 5.10 Å². The minimum absolute atomic E-state index is 0.714. The summed E-state index contributed by atoms with van der Waals surface area (Å²) in [6.45, 7) is 2.14. The lowest BCUT2D eigenvalue weighted by Gasteiger charge is -1.89. The van der Waals surface area contributed by atoms with Gasteiger partial charge in [0.1, 0.15) is 6.33 Å². The van der Waals surface area contributed by atoms with Crippen molar-refractivity contribution in [3.8, 4) is 10.7 Å². The molecule has 0 radical (unpaired) electrons. The van der Waals surface area contributed by atoms with Crippen molar-refractivity contribution in [2.45, 2.75) is 13.3 Å². The Morgan fingerprint density at radius 1 is 1.45 bits per heavy atom. The molecule has 0 fully saturated rings. The van der Waals surface area contributed by atoms with Gasteiger partial charge in [-0.15, -0.1) is 16.4 Å². The maximum Gasteiger partial charge on any atom is 0.192 e. The van der Waals surface area contributed by atoms with Crippen molar-refractivity contribution < 1.29 is 0 Å². The average Bonchev–Trinajstić information content (AvgIpc) is 3.14. The third-order valence-electron chi connectivity index (χ3n) is 3.09. The second-order valence-corrected chi connectivity index (χ2v) is 6.31. The van der Waals surface area contributed by atoms with E-state index in [-0.39, 0.29) is 0 Å². The lowest BCUT2D eigenvalue weighted by molar-refractivity contribution is 0.935. The van der Waals surface area contributed by atoms with Crippen molar-refractivity contribution in [1.82, 2.24) is 29.8 Å². The van der Waals surface area contributed by atoms with Gasteiger partial charge >= 0.3 is 0 Å². The molecule has 0 atom stereocenters. The molecule has 100 valence electrons. The first kappa shape index (κ1) is 12.0. The minimum atomic E-state index is 0.714. The third kappa shape index (κ3) is 1.68. The van der Waals surface area contributed by atoms with E-state index in [4.69, 9.17) is 0 Å². The zero-order valence-corrected chi connectivity index (χ0v) is 12.9. The predicted molar refractivity (Wildman–Crippen MR) is 80.8 cm³/mol. The summed E-state index contributed by atoms with van der Waals surface area (Å²) in [6, 6.07) is 2.07. The molecule has 4 aromatic rings. The summed E-state index contributed by atoms with van der Waals surface area (Å²) in [5.74, 6) is 0.714. The van der Waals surface area contributed by atoms with Crippen LogP contribution in [0.5, 0.6) is 0 Å². The van der Waals surface area contributed by atoms with E-state index in [1.165, 1.54) is 4.88 Å². The number of thiophene rings is 1. The normalized spacial score (nSPS) is 11.7. The van der Waals surface area contributed by atoms with E-state index in [2.05, 4.69) is 54.2 Å². The first-order chi connectivity index (χ1) is 9.76. The minimum Gasteiger partial charge on any atom is -0.261 e. The molecule has 8 heteroatoms. The number of H-pyrrole nitrogens is 1. The van der Waals surface area contributed by atoms with Crippen LogP contribution in [0.3, 0.4) is 0 Å². The van der Waals surface area contributed by atoms with E-state index >= 15 is 0 Å². The van der Waals surface area contributed by atoms with Gasteiger partial charge < -0.3 is 0 Å². The van der Waals surface area contributed by atoms with Crippen molar-refractivity contribution in [3.05, 3.63) is 27.9 Å². The molecule has 0 amide bonds. The van der Waals surface area contributed by atoms with Crippen LogP contribution in [0.1, 0.15) is 11.8 Å². The van der Waals surface area contributed by atoms with Crippen molar-refractivity contribution >= 4 is 43.9 Å². The topological polar surface area (TPSA) is 71.8 Å². The Morgan fingerprint density at radius 2 is 2.35 bits per heavy atom. The van der Waals surface area contributed by atoms with E-state index in [1.807, 2.05) is 0 Å². The van der Waals surface area contributed by atoms with Gasteiger partial charge in [0, 0.05) is 9.35 Å². The zero-order valence-electron chi connectivity index (χ0n) is 10.5. The summed E-state index contributed by atoms with van der Waals surface area (Å²) in [5.41, 5.74) is 1.49. The van der Waals surface area contributed by atoms with Gasteiger partial charge in [0.15, 0.2) is 17.1 Å².